The van der Waals surface area contributed by atoms with Crippen molar-refractivity contribution < 1.29 is 14.4 Å². The van der Waals surface area contributed by atoms with Gasteiger partial charge in [0.1, 0.15) is 0 Å². The van der Waals surface area contributed by atoms with Crippen LogP contribution in [0.3, 0.4) is 0 Å². The second kappa shape index (κ2) is 9.41. The fourth-order valence-corrected chi connectivity index (χ4v) is 1.21. The van der Waals surface area contributed by atoms with E-state index < -0.39 is 18.0 Å². The van der Waals surface area contributed by atoms with Crippen molar-refractivity contribution >= 4 is 17.8 Å². The molecule has 0 aromatic carbocycles. The van der Waals surface area contributed by atoms with Crippen LogP contribution in [0.2, 0.25) is 0 Å². The van der Waals surface area contributed by atoms with Crippen LogP contribution in [0, 0.1) is 0 Å². The van der Waals surface area contributed by atoms with Crippen LogP contribution in [-0.4, -0.2) is 43.5 Å². The molecular formula is C11H22N4O3. The Morgan fingerprint density at radius 3 is 2.22 bits per heavy atom. The quantitative estimate of drug-likeness (QED) is 0.487. The highest BCUT2D eigenvalue weighted by atomic mass is 16.2. The number of imide groups is 1. The summed E-state index contributed by atoms with van der Waals surface area (Å²) in [6.07, 6.45) is 0.298. The second-order valence-corrected chi connectivity index (χ2v) is 3.73. The van der Waals surface area contributed by atoms with E-state index in [1.54, 1.807) is 13.8 Å². The van der Waals surface area contributed by atoms with Crippen LogP contribution in [0.15, 0.2) is 0 Å². The van der Waals surface area contributed by atoms with Crippen LogP contribution in [0.1, 0.15) is 27.2 Å². The Kier molecular flexibility index (Phi) is 8.55. The Morgan fingerprint density at radius 2 is 1.67 bits per heavy atom. The molecular weight excluding hydrogens is 236 g/mol. The largest absolute Gasteiger partial charge is 0.356 e. The van der Waals surface area contributed by atoms with E-state index in [9.17, 15) is 14.4 Å². The molecule has 0 fully saturated rings. The first kappa shape index (κ1) is 16.4. The molecule has 0 bridgehead atoms. The minimum absolute atomic E-state index is 0.0682. The van der Waals surface area contributed by atoms with Gasteiger partial charge in [0.05, 0.1) is 6.04 Å². The van der Waals surface area contributed by atoms with Crippen molar-refractivity contribution in [1.29, 1.82) is 0 Å². The molecule has 4 amide bonds. The van der Waals surface area contributed by atoms with Gasteiger partial charge in [-0.3, -0.25) is 14.9 Å². The molecule has 104 valence electrons. The predicted octanol–water partition coefficient (Wildman–Crippen LogP) is -0.664. The summed E-state index contributed by atoms with van der Waals surface area (Å²) >= 11 is 0. The fraction of sp³-hybridized carbons (Fsp3) is 0.727. The maximum absolute atomic E-state index is 11.5. The maximum Gasteiger partial charge on any atom is 0.321 e. The molecule has 0 aliphatic heterocycles. The number of hydrogen-bond donors (Lipinski definition) is 4. The zero-order chi connectivity index (χ0) is 14.0. The van der Waals surface area contributed by atoms with E-state index in [4.69, 9.17) is 0 Å². The number of amides is 4. The molecule has 0 saturated heterocycles. The van der Waals surface area contributed by atoms with Crippen molar-refractivity contribution in [1.82, 2.24) is 21.3 Å². The average Bonchev–Trinajstić information content (AvgIpc) is 2.29. The van der Waals surface area contributed by atoms with Crippen LogP contribution in [0.4, 0.5) is 4.79 Å². The number of hydrogen-bond acceptors (Lipinski definition) is 4. The van der Waals surface area contributed by atoms with Crippen LogP contribution in [-0.2, 0) is 9.59 Å². The molecule has 0 aliphatic carbocycles. The first-order valence-corrected chi connectivity index (χ1v) is 6.10. The summed E-state index contributed by atoms with van der Waals surface area (Å²) in [7, 11) is 0. The molecule has 1 unspecified atom stereocenters. The van der Waals surface area contributed by atoms with Gasteiger partial charge < -0.3 is 16.0 Å². The van der Waals surface area contributed by atoms with Gasteiger partial charge in [0.15, 0.2) is 0 Å². The zero-order valence-corrected chi connectivity index (χ0v) is 11.1. The van der Waals surface area contributed by atoms with Gasteiger partial charge in [-0.15, -0.1) is 0 Å². The van der Waals surface area contributed by atoms with E-state index in [-0.39, 0.29) is 5.91 Å². The minimum atomic E-state index is -0.526. The molecule has 0 spiro atoms. The van der Waals surface area contributed by atoms with E-state index in [1.165, 1.54) is 0 Å². The van der Waals surface area contributed by atoms with Gasteiger partial charge in [-0.05, 0) is 20.8 Å². The Morgan fingerprint density at radius 1 is 1.06 bits per heavy atom. The lowest BCUT2D eigenvalue weighted by Crippen LogP contribution is -2.48. The Hall–Kier alpha value is -1.63. The van der Waals surface area contributed by atoms with Gasteiger partial charge in [-0.1, -0.05) is 0 Å². The van der Waals surface area contributed by atoms with E-state index in [0.29, 0.717) is 26.1 Å². The molecule has 0 aromatic heterocycles. The first-order chi connectivity index (χ1) is 8.51. The lowest BCUT2D eigenvalue weighted by Gasteiger charge is -2.13. The average molecular weight is 258 g/mol. The lowest BCUT2D eigenvalue weighted by molar-refractivity contribution is -0.123. The highest BCUT2D eigenvalue weighted by Gasteiger charge is 2.14. The predicted molar refractivity (Wildman–Crippen MR) is 68.0 cm³/mol. The zero-order valence-electron chi connectivity index (χ0n) is 11.1. The van der Waals surface area contributed by atoms with Crippen molar-refractivity contribution in [2.75, 3.05) is 19.6 Å². The normalized spacial score (nSPS) is 11.5. The third-order valence-corrected chi connectivity index (χ3v) is 2.14. The number of urea groups is 1. The van der Waals surface area contributed by atoms with Crippen LogP contribution in [0.5, 0.6) is 0 Å². The van der Waals surface area contributed by atoms with E-state index in [1.807, 2.05) is 6.92 Å². The minimum Gasteiger partial charge on any atom is -0.356 e. The Bertz CT molecular complexity index is 294. The van der Waals surface area contributed by atoms with E-state index in [0.717, 1.165) is 0 Å². The molecule has 1 atom stereocenters. The smallest absolute Gasteiger partial charge is 0.321 e. The van der Waals surface area contributed by atoms with Gasteiger partial charge >= 0.3 is 6.03 Å². The number of nitrogens with one attached hydrogen (secondary N) is 4. The second-order valence-electron chi connectivity index (χ2n) is 3.73. The summed E-state index contributed by atoms with van der Waals surface area (Å²) in [4.78, 5) is 33.7. The number of carbonyl (C=O) groups is 3. The summed E-state index contributed by atoms with van der Waals surface area (Å²) in [5, 5.41) is 10.2. The molecule has 0 radical (unpaired) electrons. The van der Waals surface area contributed by atoms with Crippen molar-refractivity contribution in [2.24, 2.45) is 0 Å². The van der Waals surface area contributed by atoms with Gasteiger partial charge in [-0.25, -0.2) is 4.79 Å². The van der Waals surface area contributed by atoms with Crippen molar-refractivity contribution in [3.05, 3.63) is 0 Å². The summed E-state index contributed by atoms with van der Waals surface area (Å²) in [6.45, 7) is 6.66. The monoisotopic (exact) mass is 258 g/mol. The fourth-order valence-electron chi connectivity index (χ4n) is 1.21. The third-order valence-electron chi connectivity index (χ3n) is 2.14. The molecule has 0 rings (SSSR count). The Labute approximate surface area is 107 Å². The van der Waals surface area contributed by atoms with Crippen molar-refractivity contribution in [2.45, 2.75) is 33.2 Å². The van der Waals surface area contributed by atoms with Crippen molar-refractivity contribution in [3.8, 4) is 0 Å². The summed E-state index contributed by atoms with van der Waals surface area (Å²) in [5.74, 6) is -0.488. The van der Waals surface area contributed by atoms with Crippen LogP contribution >= 0.6 is 0 Å². The summed E-state index contributed by atoms with van der Waals surface area (Å²) < 4.78 is 0. The SMILES string of the molecule is CCNC(=O)CCNC(C)C(=O)NC(=O)NCC. The van der Waals surface area contributed by atoms with Gasteiger partial charge in [-0.2, -0.15) is 0 Å². The highest BCUT2D eigenvalue weighted by Crippen LogP contribution is 1.84. The van der Waals surface area contributed by atoms with Gasteiger partial charge in [0, 0.05) is 26.1 Å². The number of carbonyl (C=O) groups excluding carboxylic acids is 3. The summed E-state index contributed by atoms with van der Waals surface area (Å²) in [5.41, 5.74) is 0. The molecule has 0 aromatic rings. The number of rotatable bonds is 7. The first-order valence-electron chi connectivity index (χ1n) is 6.10. The molecule has 0 saturated carbocycles. The van der Waals surface area contributed by atoms with Crippen LogP contribution < -0.4 is 21.3 Å². The maximum atomic E-state index is 11.5. The van der Waals surface area contributed by atoms with E-state index >= 15 is 0 Å². The van der Waals surface area contributed by atoms with E-state index in [2.05, 4.69) is 21.3 Å². The standard InChI is InChI=1S/C11H22N4O3/c1-4-12-9(16)6-7-14-8(3)10(17)15-11(18)13-5-2/h8,14H,4-7H2,1-3H3,(H,12,16)(H2,13,15,17,18). The molecule has 0 aliphatic rings. The van der Waals surface area contributed by atoms with Crippen molar-refractivity contribution in [3.63, 3.8) is 0 Å². The van der Waals surface area contributed by atoms with Gasteiger partial charge in [0.25, 0.3) is 0 Å². The molecule has 7 heteroatoms. The highest BCUT2D eigenvalue weighted by molar-refractivity contribution is 5.96. The molecule has 4 N–H and O–H groups in total. The topological polar surface area (TPSA) is 99.3 Å². The summed E-state index contributed by atoms with van der Waals surface area (Å²) in [6, 6.07) is -1.04. The molecule has 0 heterocycles. The Balaban J connectivity index is 3.81. The van der Waals surface area contributed by atoms with Gasteiger partial charge in [0.2, 0.25) is 11.8 Å². The molecule has 7 nitrogen and oxygen atoms in total. The van der Waals surface area contributed by atoms with Crippen LogP contribution in [0.25, 0.3) is 0 Å². The lowest BCUT2D eigenvalue weighted by atomic mass is 10.3. The molecule has 18 heavy (non-hydrogen) atoms. The third kappa shape index (κ3) is 7.61.